The number of nitriles is 1. The van der Waals surface area contributed by atoms with Crippen LogP contribution in [-0.2, 0) is 9.53 Å². The summed E-state index contributed by atoms with van der Waals surface area (Å²) in [5, 5.41) is 9.45. The highest BCUT2D eigenvalue weighted by molar-refractivity contribution is 5.78. The molecule has 0 aliphatic carbocycles. The molecule has 1 atom stereocenters. The van der Waals surface area contributed by atoms with E-state index in [1.807, 2.05) is 23.1 Å². The number of benzene rings is 1. The monoisotopic (exact) mass is 479 g/mol. The van der Waals surface area contributed by atoms with Gasteiger partial charge in [0.2, 0.25) is 11.8 Å². The Morgan fingerprint density at radius 3 is 2.86 bits per heavy atom. The topological polar surface area (TPSA) is 100 Å². The van der Waals surface area contributed by atoms with Crippen molar-refractivity contribution in [3.8, 4) is 23.4 Å². The van der Waals surface area contributed by atoms with E-state index in [2.05, 4.69) is 20.9 Å². The van der Waals surface area contributed by atoms with Crippen LogP contribution >= 0.6 is 0 Å². The van der Waals surface area contributed by atoms with Crippen LogP contribution in [0.15, 0.2) is 30.5 Å². The smallest absolute Gasteiger partial charge is 0.236 e. The maximum atomic E-state index is 12.7. The quantitative estimate of drug-likeness (QED) is 0.614. The van der Waals surface area contributed by atoms with Gasteiger partial charge in [0.25, 0.3) is 0 Å². The molecule has 2 saturated heterocycles. The number of pyridine rings is 1. The second-order valence-electron chi connectivity index (χ2n) is 8.75. The molecule has 3 aliphatic rings. The Bertz CT molecular complexity index is 1110. The lowest BCUT2D eigenvalue weighted by molar-refractivity contribution is -0.132. The van der Waals surface area contributed by atoms with E-state index in [1.54, 1.807) is 12.3 Å². The average molecular weight is 480 g/mol. The van der Waals surface area contributed by atoms with Crippen LogP contribution in [0.1, 0.15) is 12.0 Å². The minimum atomic E-state index is -0.0625. The lowest BCUT2D eigenvalue weighted by Gasteiger charge is -2.31. The summed E-state index contributed by atoms with van der Waals surface area (Å²) < 4.78 is 22.7. The van der Waals surface area contributed by atoms with Crippen molar-refractivity contribution in [2.75, 3.05) is 71.1 Å². The van der Waals surface area contributed by atoms with Crippen LogP contribution in [0.5, 0.6) is 17.4 Å². The summed E-state index contributed by atoms with van der Waals surface area (Å²) in [6.45, 7) is 5.80. The van der Waals surface area contributed by atoms with Gasteiger partial charge in [-0.1, -0.05) is 0 Å². The van der Waals surface area contributed by atoms with E-state index in [9.17, 15) is 10.1 Å². The van der Waals surface area contributed by atoms with Crippen molar-refractivity contribution >= 4 is 17.3 Å². The zero-order valence-electron chi connectivity index (χ0n) is 19.8. The Labute approximate surface area is 204 Å². The molecule has 0 unspecified atom stereocenters. The predicted molar refractivity (Wildman–Crippen MR) is 127 cm³/mol. The first-order valence-corrected chi connectivity index (χ1v) is 11.9. The number of anilines is 2. The molecule has 1 aromatic heterocycles. The molecule has 184 valence electrons. The number of hydrogen-bond donors (Lipinski definition) is 0. The Hall–Kier alpha value is -3.55. The van der Waals surface area contributed by atoms with Gasteiger partial charge in [-0.25, -0.2) is 4.98 Å². The fraction of sp³-hybridized carbons (Fsp3) is 0.480. The number of amides is 1. The Morgan fingerprint density at radius 2 is 2.06 bits per heavy atom. The summed E-state index contributed by atoms with van der Waals surface area (Å²) in [5.41, 5.74) is 2.01. The zero-order chi connectivity index (χ0) is 24.2. The Balaban J connectivity index is 1.26. The number of rotatable bonds is 6. The maximum Gasteiger partial charge on any atom is 0.236 e. The van der Waals surface area contributed by atoms with Gasteiger partial charge in [-0.3, -0.25) is 9.69 Å². The molecule has 10 nitrogen and oxygen atoms in total. The molecule has 1 aromatic carbocycles. The fourth-order valence-electron chi connectivity index (χ4n) is 4.66. The molecule has 0 saturated carbocycles. The number of fused-ring (bicyclic) bond motifs is 1. The standard InChI is InChI=1S/C25H29N5O5/c1-32-25-18(14-26)12-19(15-27-25)30-8-11-34-23-3-2-20(13-22(23)30)35-21-4-5-29(16-21)24(31)17-28-6-9-33-10-7-28/h2-3,12-13,15,21H,4-11,16-17H2,1H3/t21-/m0/s1. The average Bonchev–Trinajstić information content (AvgIpc) is 3.37. The highest BCUT2D eigenvalue weighted by atomic mass is 16.5. The van der Waals surface area contributed by atoms with Gasteiger partial charge in [0, 0.05) is 32.1 Å². The van der Waals surface area contributed by atoms with Gasteiger partial charge >= 0.3 is 0 Å². The van der Waals surface area contributed by atoms with E-state index in [0.29, 0.717) is 63.2 Å². The van der Waals surface area contributed by atoms with Crippen molar-refractivity contribution in [3.05, 3.63) is 36.0 Å². The van der Waals surface area contributed by atoms with Gasteiger partial charge in [0.05, 0.1) is 57.5 Å². The van der Waals surface area contributed by atoms with Gasteiger partial charge in [0.15, 0.2) is 0 Å². The third-order valence-electron chi connectivity index (χ3n) is 6.52. The highest BCUT2D eigenvalue weighted by Crippen LogP contribution is 2.40. The molecule has 2 aromatic rings. The van der Waals surface area contributed by atoms with Crippen molar-refractivity contribution in [2.24, 2.45) is 0 Å². The molecule has 5 rings (SSSR count). The normalized spacial score (nSPS) is 20.1. The van der Waals surface area contributed by atoms with Gasteiger partial charge in [-0.2, -0.15) is 5.26 Å². The minimum absolute atomic E-state index is 0.0625. The van der Waals surface area contributed by atoms with Crippen molar-refractivity contribution < 1.29 is 23.7 Å². The maximum absolute atomic E-state index is 12.7. The highest BCUT2D eigenvalue weighted by Gasteiger charge is 2.29. The number of nitrogens with zero attached hydrogens (tertiary/aromatic N) is 5. The molecule has 35 heavy (non-hydrogen) atoms. The van der Waals surface area contributed by atoms with Gasteiger partial charge in [-0.05, 0) is 18.2 Å². The number of carbonyl (C=O) groups is 1. The third kappa shape index (κ3) is 5.11. The van der Waals surface area contributed by atoms with Crippen LogP contribution in [0, 0.1) is 11.3 Å². The third-order valence-corrected chi connectivity index (χ3v) is 6.52. The van der Waals surface area contributed by atoms with Crippen molar-refractivity contribution in [1.29, 1.82) is 5.26 Å². The Kier molecular flexibility index (Phi) is 6.88. The predicted octanol–water partition coefficient (Wildman–Crippen LogP) is 1.80. The van der Waals surface area contributed by atoms with Crippen molar-refractivity contribution in [1.82, 2.24) is 14.8 Å². The van der Waals surface area contributed by atoms with Crippen LogP contribution in [0.3, 0.4) is 0 Å². The van der Waals surface area contributed by atoms with Crippen molar-refractivity contribution in [3.63, 3.8) is 0 Å². The van der Waals surface area contributed by atoms with Crippen LogP contribution in [-0.4, -0.2) is 93.0 Å². The zero-order valence-corrected chi connectivity index (χ0v) is 19.8. The SMILES string of the molecule is COc1ncc(N2CCOc3ccc(O[C@H]4CCN(C(=O)CN5CCOCC5)C4)cc32)cc1C#N. The molecule has 10 heteroatoms. The van der Waals surface area contributed by atoms with E-state index >= 15 is 0 Å². The van der Waals surface area contributed by atoms with Crippen LogP contribution in [0.2, 0.25) is 0 Å². The summed E-state index contributed by atoms with van der Waals surface area (Å²) in [6, 6.07) is 9.65. The summed E-state index contributed by atoms with van der Waals surface area (Å²) in [6.07, 6.45) is 2.42. The molecule has 2 fully saturated rings. The lowest BCUT2D eigenvalue weighted by atomic mass is 10.2. The molecule has 1 amide bonds. The lowest BCUT2D eigenvalue weighted by Crippen LogP contribution is -2.44. The van der Waals surface area contributed by atoms with Crippen LogP contribution < -0.4 is 19.1 Å². The summed E-state index contributed by atoms with van der Waals surface area (Å²) in [5.74, 6) is 1.90. The van der Waals surface area contributed by atoms with Gasteiger partial charge < -0.3 is 28.7 Å². The van der Waals surface area contributed by atoms with Gasteiger partial charge in [0.1, 0.15) is 35.8 Å². The second-order valence-corrected chi connectivity index (χ2v) is 8.75. The van der Waals surface area contributed by atoms with Gasteiger partial charge in [-0.15, -0.1) is 0 Å². The molecule has 0 radical (unpaired) electrons. The molecule has 0 bridgehead atoms. The summed E-state index contributed by atoms with van der Waals surface area (Å²) >= 11 is 0. The fourth-order valence-corrected chi connectivity index (χ4v) is 4.66. The van der Waals surface area contributed by atoms with Crippen LogP contribution in [0.4, 0.5) is 11.4 Å². The van der Waals surface area contributed by atoms with E-state index in [0.717, 1.165) is 36.6 Å². The van der Waals surface area contributed by atoms with E-state index in [1.165, 1.54) is 7.11 Å². The number of carbonyl (C=O) groups excluding carboxylic acids is 1. The number of methoxy groups -OCH3 is 1. The number of ether oxygens (including phenoxy) is 4. The molecule has 3 aliphatic heterocycles. The summed E-state index contributed by atoms with van der Waals surface area (Å²) in [7, 11) is 1.50. The number of hydrogen-bond acceptors (Lipinski definition) is 9. The van der Waals surface area contributed by atoms with E-state index in [4.69, 9.17) is 18.9 Å². The van der Waals surface area contributed by atoms with E-state index in [-0.39, 0.29) is 12.0 Å². The Morgan fingerprint density at radius 1 is 1.20 bits per heavy atom. The minimum Gasteiger partial charge on any atom is -0.490 e. The molecular formula is C25H29N5O5. The summed E-state index contributed by atoms with van der Waals surface area (Å²) in [4.78, 5) is 23.1. The molecule has 0 N–H and O–H groups in total. The largest absolute Gasteiger partial charge is 0.490 e. The number of likely N-dealkylation sites (tertiary alicyclic amines) is 1. The first kappa shape index (κ1) is 23.2. The molecular weight excluding hydrogens is 450 g/mol. The first-order chi connectivity index (χ1) is 17.1. The molecule has 0 spiro atoms. The van der Waals surface area contributed by atoms with Crippen molar-refractivity contribution in [2.45, 2.75) is 12.5 Å². The first-order valence-electron chi connectivity index (χ1n) is 11.9. The van der Waals surface area contributed by atoms with E-state index < -0.39 is 0 Å². The van der Waals surface area contributed by atoms with Crippen LogP contribution in [0.25, 0.3) is 0 Å². The number of morpholine rings is 1. The molecule has 4 heterocycles. The number of aromatic nitrogens is 1. The second kappa shape index (κ2) is 10.4.